The third-order valence-electron chi connectivity index (χ3n) is 2.89. The molecule has 1 aliphatic rings. The summed E-state index contributed by atoms with van der Waals surface area (Å²) >= 11 is 3.39. The minimum Gasteiger partial charge on any atom is -0.356 e. The summed E-state index contributed by atoms with van der Waals surface area (Å²) < 4.78 is 1.03. The molecule has 1 aromatic heterocycles. The average Bonchev–Trinajstić information content (AvgIpc) is 2.30. The van der Waals surface area contributed by atoms with Crippen LogP contribution in [0.5, 0.6) is 0 Å². The van der Waals surface area contributed by atoms with E-state index in [-0.39, 0.29) is 0 Å². The molecule has 2 heterocycles. The molecule has 82 valence electrons. The van der Waals surface area contributed by atoms with Gasteiger partial charge in [-0.1, -0.05) is 0 Å². The third kappa shape index (κ3) is 2.69. The molecule has 0 bridgehead atoms. The highest BCUT2D eigenvalue weighted by atomic mass is 79.9. The van der Waals surface area contributed by atoms with Gasteiger partial charge in [-0.25, -0.2) is 4.98 Å². The predicted molar refractivity (Wildman–Crippen MR) is 65.9 cm³/mol. The van der Waals surface area contributed by atoms with Crippen LogP contribution >= 0.6 is 15.9 Å². The second kappa shape index (κ2) is 4.94. The first kappa shape index (κ1) is 10.9. The van der Waals surface area contributed by atoms with Gasteiger partial charge in [-0.15, -0.1) is 0 Å². The van der Waals surface area contributed by atoms with Crippen molar-refractivity contribution in [3.8, 4) is 0 Å². The highest BCUT2D eigenvalue weighted by Crippen LogP contribution is 2.21. The van der Waals surface area contributed by atoms with E-state index in [1.165, 1.54) is 12.8 Å². The Balaban J connectivity index is 2.06. The lowest BCUT2D eigenvalue weighted by Gasteiger charge is -2.32. The summed E-state index contributed by atoms with van der Waals surface area (Å²) in [6, 6.07) is 4.09. The van der Waals surface area contributed by atoms with Crippen LogP contribution < -0.4 is 10.6 Å². The van der Waals surface area contributed by atoms with Crippen molar-refractivity contribution in [2.45, 2.75) is 12.8 Å². The van der Waals surface area contributed by atoms with Gasteiger partial charge < -0.3 is 10.6 Å². The van der Waals surface area contributed by atoms with Gasteiger partial charge in [0.15, 0.2) is 0 Å². The zero-order chi connectivity index (χ0) is 10.7. The van der Waals surface area contributed by atoms with Gasteiger partial charge >= 0.3 is 0 Å². The molecule has 0 amide bonds. The largest absolute Gasteiger partial charge is 0.356 e. The fourth-order valence-electron chi connectivity index (χ4n) is 2.02. The van der Waals surface area contributed by atoms with E-state index in [1.807, 2.05) is 12.3 Å². The Labute approximate surface area is 98.8 Å². The quantitative estimate of drug-likeness (QED) is 0.894. The number of aromatic nitrogens is 1. The number of hydrogen-bond donors (Lipinski definition) is 1. The Morgan fingerprint density at radius 3 is 3.07 bits per heavy atom. The van der Waals surface area contributed by atoms with Crippen LogP contribution in [-0.2, 0) is 0 Å². The molecule has 1 atom stereocenters. The van der Waals surface area contributed by atoms with Crippen molar-refractivity contribution in [3.05, 3.63) is 22.8 Å². The molecule has 1 saturated heterocycles. The predicted octanol–water partition coefficient (Wildman–Crippen LogP) is 2.02. The van der Waals surface area contributed by atoms with Crippen molar-refractivity contribution in [2.24, 2.45) is 11.7 Å². The second-order valence-corrected chi connectivity index (χ2v) is 4.94. The summed E-state index contributed by atoms with van der Waals surface area (Å²) in [5.41, 5.74) is 5.71. The lowest BCUT2D eigenvalue weighted by atomic mass is 9.98. The molecule has 3 nitrogen and oxygen atoms in total. The molecule has 0 unspecified atom stereocenters. The Morgan fingerprint density at radius 1 is 1.53 bits per heavy atom. The van der Waals surface area contributed by atoms with Crippen LogP contribution in [0, 0.1) is 5.92 Å². The zero-order valence-electron chi connectivity index (χ0n) is 8.69. The van der Waals surface area contributed by atoms with Crippen LogP contribution in [-0.4, -0.2) is 24.6 Å². The average molecular weight is 270 g/mol. The summed E-state index contributed by atoms with van der Waals surface area (Å²) in [6.07, 6.45) is 4.32. The minimum atomic E-state index is 0.629. The molecule has 4 heteroatoms. The first-order chi connectivity index (χ1) is 7.29. The van der Waals surface area contributed by atoms with Crippen LogP contribution in [0.3, 0.4) is 0 Å². The van der Waals surface area contributed by atoms with Crippen LogP contribution in [0.2, 0.25) is 0 Å². The van der Waals surface area contributed by atoms with Crippen LogP contribution in [0.15, 0.2) is 22.8 Å². The molecule has 2 rings (SSSR count). The zero-order valence-corrected chi connectivity index (χ0v) is 10.3. The fourth-order valence-corrected chi connectivity index (χ4v) is 2.26. The lowest BCUT2D eigenvalue weighted by molar-refractivity contribution is 0.421. The van der Waals surface area contributed by atoms with Crippen LogP contribution in [0.1, 0.15) is 12.8 Å². The van der Waals surface area contributed by atoms with E-state index in [9.17, 15) is 0 Å². The summed E-state index contributed by atoms with van der Waals surface area (Å²) in [4.78, 5) is 6.74. The molecule has 1 aromatic rings. The van der Waals surface area contributed by atoms with Crippen molar-refractivity contribution >= 4 is 21.7 Å². The maximum absolute atomic E-state index is 5.71. The second-order valence-electron chi connectivity index (χ2n) is 4.02. The van der Waals surface area contributed by atoms with Gasteiger partial charge in [-0.2, -0.15) is 0 Å². The maximum Gasteiger partial charge on any atom is 0.128 e. The van der Waals surface area contributed by atoms with Crippen LogP contribution in [0.25, 0.3) is 0 Å². The standard InChI is InChI=1S/C11H16BrN3/c12-10-3-4-11(14-7-10)15-5-1-2-9(6-13)8-15/h3-4,7,9H,1-2,5-6,8,13H2/t9-/m1/s1. The van der Waals surface area contributed by atoms with E-state index in [1.54, 1.807) is 0 Å². The number of rotatable bonds is 2. The SMILES string of the molecule is NC[C@H]1CCCN(c2ccc(Br)cn2)C1. The van der Waals surface area contributed by atoms with Crippen molar-refractivity contribution < 1.29 is 0 Å². The van der Waals surface area contributed by atoms with E-state index in [2.05, 4.69) is 31.9 Å². The van der Waals surface area contributed by atoms with Gasteiger partial charge in [0.05, 0.1) is 0 Å². The van der Waals surface area contributed by atoms with Gasteiger partial charge in [0, 0.05) is 23.8 Å². The van der Waals surface area contributed by atoms with Gasteiger partial charge in [0.1, 0.15) is 5.82 Å². The van der Waals surface area contributed by atoms with Gasteiger partial charge in [0.2, 0.25) is 0 Å². The topological polar surface area (TPSA) is 42.1 Å². The fraction of sp³-hybridized carbons (Fsp3) is 0.545. The molecule has 15 heavy (non-hydrogen) atoms. The molecule has 1 fully saturated rings. The number of nitrogens with two attached hydrogens (primary N) is 1. The van der Waals surface area contributed by atoms with E-state index < -0.39 is 0 Å². The molecule has 2 N–H and O–H groups in total. The lowest BCUT2D eigenvalue weighted by Crippen LogP contribution is -2.38. The van der Waals surface area contributed by atoms with E-state index in [0.29, 0.717) is 5.92 Å². The summed E-state index contributed by atoms with van der Waals surface area (Å²) in [7, 11) is 0. The van der Waals surface area contributed by atoms with Gasteiger partial charge in [-0.3, -0.25) is 0 Å². The van der Waals surface area contributed by atoms with Gasteiger partial charge in [-0.05, 0) is 53.4 Å². The number of halogens is 1. The first-order valence-electron chi connectivity index (χ1n) is 5.36. The smallest absolute Gasteiger partial charge is 0.128 e. The molecule has 0 saturated carbocycles. The Bertz CT molecular complexity index is 312. The number of anilines is 1. The number of hydrogen-bond acceptors (Lipinski definition) is 3. The molecular weight excluding hydrogens is 254 g/mol. The summed E-state index contributed by atoms with van der Waals surface area (Å²) in [5, 5.41) is 0. The molecule has 1 aliphatic heterocycles. The number of pyridine rings is 1. The van der Waals surface area contributed by atoms with E-state index >= 15 is 0 Å². The molecule has 0 spiro atoms. The van der Waals surface area contributed by atoms with Crippen molar-refractivity contribution in [2.75, 3.05) is 24.5 Å². The highest BCUT2D eigenvalue weighted by molar-refractivity contribution is 9.10. The third-order valence-corrected chi connectivity index (χ3v) is 3.36. The normalized spacial score (nSPS) is 21.7. The molecule has 0 aromatic carbocycles. The monoisotopic (exact) mass is 269 g/mol. The molecule has 0 radical (unpaired) electrons. The summed E-state index contributed by atoms with van der Waals surface area (Å²) in [6.45, 7) is 2.93. The summed E-state index contributed by atoms with van der Waals surface area (Å²) in [5.74, 6) is 1.69. The van der Waals surface area contributed by atoms with Crippen molar-refractivity contribution in [3.63, 3.8) is 0 Å². The number of nitrogens with zero attached hydrogens (tertiary/aromatic N) is 2. The Morgan fingerprint density at radius 2 is 2.40 bits per heavy atom. The first-order valence-corrected chi connectivity index (χ1v) is 6.15. The van der Waals surface area contributed by atoms with E-state index in [4.69, 9.17) is 5.73 Å². The highest BCUT2D eigenvalue weighted by Gasteiger charge is 2.19. The van der Waals surface area contributed by atoms with Crippen LogP contribution in [0.4, 0.5) is 5.82 Å². The minimum absolute atomic E-state index is 0.629. The molecule has 0 aliphatic carbocycles. The maximum atomic E-state index is 5.71. The Hall–Kier alpha value is -0.610. The van der Waals surface area contributed by atoms with Gasteiger partial charge in [0.25, 0.3) is 0 Å². The molecular formula is C11H16BrN3. The Kier molecular flexibility index (Phi) is 3.59. The van der Waals surface area contributed by atoms with Crippen molar-refractivity contribution in [1.29, 1.82) is 0 Å². The van der Waals surface area contributed by atoms with E-state index in [0.717, 1.165) is 29.9 Å². The van der Waals surface area contributed by atoms with Crippen molar-refractivity contribution in [1.82, 2.24) is 4.98 Å². The number of piperidine rings is 1.